The van der Waals surface area contributed by atoms with Gasteiger partial charge in [-0.15, -0.1) is 5.10 Å². The maximum Gasteiger partial charge on any atom is 0.213 e. The van der Waals surface area contributed by atoms with E-state index in [0.29, 0.717) is 15.9 Å². The van der Waals surface area contributed by atoms with Gasteiger partial charge in [0.25, 0.3) is 0 Å². The van der Waals surface area contributed by atoms with E-state index in [-0.39, 0.29) is 10.6 Å². The second-order valence-corrected chi connectivity index (χ2v) is 6.74. The van der Waals surface area contributed by atoms with Crippen molar-refractivity contribution in [3.8, 4) is 0 Å². The lowest BCUT2D eigenvalue weighted by atomic mass is 10.3. The molecule has 0 radical (unpaired) electrons. The van der Waals surface area contributed by atoms with Gasteiger partial charge in [-0.1, -0.05) is 6.07 Å². The molecule has 0 fully saturated rings. The Morgan fingerprint density at radius 2 is 2.11 bits per heavy atom. The molecular formula is C10H12N4O2S2. The van der Waals surface area contributed by atoms with Gasteiger partial charge >= 0.3 is 0 Å². The first-order valence-electron chi connectivity index (χ1n) is 5.03. The minimum absolute atomic E-state index is 0.125. The normalized spacial score (nSPS) is 11.7. The molecule has 96 valence electrons. The average molecular weight is 284 g/mol. The molecule has 0 aliphatic rings. The number of H-pyrrole nitrogens is 1. The van der Waals surface area contributed by atoms with E-state index in [4.69, 9.17) is 5.73 Å². The van der Waals surface area contributed by atoms with Crippen LogP contribution in [0.1, 0.15) is 5.82 Å². The molecule has 0 unspecified atom stereocenters. The summed E-state index contributed by atoms with van der Waals surface area (Å²) < 4.78 is 23.1. The molecule has 3 N–H and O–H groups in total. The highest BCUT2D eigenvalue weighted by atomic mass is 32.2. The molecule has 18 heavy (non-hydrogen) atoms. The van der Waals surface area contributed by atoms with Gasteiger partial charge < -0.3 is 5.73 Å². The number of nitrogens with two attached hydrogens (primary N) is 1. The first-order chi connectivity index (χ1) is 8.38. The van der Waals surface area contributed by atoms with Crippen LogP contribution < -0.4 is 5.73 Å². The van der Waals surface area contributed by atoms with Crippen LogP contribution in [0.2, 0.25) is 0 Å². The zero-order chi connectivity index (χ0) is 13.3. The fourth-order valence-corrected chi connectivity index (χ4v) is 3.14. The topological polar surface area (TPSA) is 102 Å². The van der Waals surface area contributed by atoms with Gasteiger partial charge in [-0.3, -0.25) is 5.10 Å². The van der Waals surface area contributed by atoms with Crippen LogP contribution in [0.4, 0.5) is 5.69 Å². The summed E-state index contributed by atoms with van der Waals surface area (Å²) in [6.07, 6.45) is 1.13. The Kier molecular flexibility index (Phi) is 3.31. The molecule has 0 aliphatic heterocycles. The van der Waals surface area contributed by atoms with Crippen molar-refractivity contribution in [3.63, 3.8) is 0 Å². The van der Waals surface area contributed by atoms with Gasteiger partial charge in [0.2, 0.25) is 5.16 Å². The quantitative estimate of drug-likeness (QED) is 0.822. The zero-order valence-corrected chi connectivity index (χ0v) is 11.5. The number of para-hydroxylation sites is 1. The Balaban J connectivity index is 2.41. The van der Waals surface area contributed by atoms with E-state index in [9.17, 15) is 8.42 Å². The van der Waals surface area contributed by atoms with E-state index in [1.165, 1.54) is 17.8 Å². The monoisotopic (exact) mass is 284 g/mol. The fraction of sp³-hybridized carbons (Fsp3) is 0.200. The minimum Gasteiger partial charge on any atom is -0.397 e. The van der Waals surface area contributed by atoms with Gasteiger partial charge in [0.1, 0.15) is 5.82 Å². The third-order valence-corrected chi connectivity index (χ3v) is 4.30. The van der Waals surface area contributed by atoms with E-state index in [1.54, 1.807) is 19.1 Å². The minimum atomic E-state index is -3.33. The van der Waals surface area contributed by atoms with E-state index >= 15 is 0 Å². The number of sulfone groups is 1. The maximum absolute atomic E-state index is 11.5. The summed E-state index contributed by atoms with van der Waals surface area (Å²) in [6.45, 7) is 1.79. The Hall–Kier alpha value is -1.54. The number of nitrogens with zero attached hydrogens (tertiary/aromatic N) is 2. The molecule has 6 nitrogen and oxygen atoms in total. The number of rotatable bonds is 3. The third kappa shape index (κ3) is 2.65. The van der Waals surface area contributed by atoms with E-state index < -0.39 is 9.84 Å². The standard InChI is InChI=1S/C10H12N4O2S2/c1-6-12-10(14-13-6)17-7-4-3-5-8(9(7)11)18(2,15)16/h3-5H,11H2,1-2H3,(H,12,13,14). The molecule has 0 amide bonds. The molecule has 2 rings (SSSR count). The highest BCUT2D eigenvalue weighted by molar-refractivity contribution is 7.99. The maximum atomic E-state index is 11.5. The van der Waals surface area contributed by atoms with Gasteiger partial charge in [0.05, 0.1) is 10.6 Å². The van der Waals surface area contributed by atoms with E-state index in [0.717, 1.165) is 6.26 Å². The fourth-order valence-electron chi connectivity index (χ4n) is 1.40. The van der Waals surface area contributed by atoms with Crippen molar-refractivity contribution in [2.75, 3.05) is 12.0 Å². The number of benzene rings is 1. The molecular weight excluding hydrogens is 272 g/mol. The van der Waals surface area contributed by atoms with Crippen LogP contribution in [0.5, 0.6) is 0 Å². The molecule has 0 spiro atoms. The largest absolute Gasteiger partial charge is 0.397 e. The molecule has 1 aromatic heterocycles. The first kappa shape index (κ1) is 12.9. The number of anilines is 1. The summed E-state index contributed by atoms with van der Waals surface area (Å²) >= 11 is 1.22. The number of aromatic nitrogens is 3. The number of aryl methyl sites for hydroxylation is 1. The second-order valence-electron chi connectivity index (χ2n) is 3.75. The average Bonchev–Trinajstić information content (AvgIpc) is 2.65. The number of nitrogen functional groups attached to an aromatic ring is 1. The molecule has 1 heterocycles. The molecule has 0 atom stereocenters. The van der Waals surface area contributed by atoms with Crippen molar-refractivity contribution >= 4 is 27.3 Å². The highest BCUT2D eigenvalue weighted by Gasteiger charge is 2.15. The van der Waals surface area contributed by atoms with Gasteiger partial charge in [-0.2, -0.15) is 0 Å². The Morgan fingerprint density at radius 3 is 2.67 bits per heavy atom. The van der Waals surface area contributed by atoms with Crippen molar-refractivity contribution in [1.29, 1.82) is 0 Å². The highest BCUT2D eigenvalue weighted by Crippen LogP contribution is 2.33. The molecule has 0 saturated heterocycles. The summed E-state index contributed by atoms with van der Waals surface area (Å²) in [5.74, 6) is 0.690. The lowest BCUT2D eigenvalue weighted by Gasteiger charge is -2.07. The zero-order valence-electron chi connectivity index (χ0n) is 9.84. The molecule has 2 aromatic rings. The van der Waals surface area contributed by atoms with E-state index in [1.807, 2.05) is 0 Å². The van der Waals surface area contributed by atoms with Crippen LogP contribution in [0.3, 0.4) is 0 Å². The number of hydrogen-bond acceptors (Lipinski definition) is 6. The summed E-state index contributed by atoms with van der Waals surface area (Å²) in [5.41, 5.74) is 6.09. The van der Waals surface area contributed by atoms with Crippen LogP contribution in [0, 0.1) is 6.92 Å². The van der Waals surface area contributed by atoms with Crippen molar-refractivity contribution in [3.05, 3.63) is 24.0 Å². The van der Waals surface area contributed by atoms with Gasteiger partial charge in [0, 0.05) is 11.2 Å². The van der Waals surface area contributed by atoms with Gasteiger partial charge in [-0.05, 0) is 30.8 Å². The van der Waals surface area contributed by atoms with Crippen molar-refractivity contribution in [2.45, 2.75) is 21.9 Å². The lowest BCUT2D eigenvalue weighted by molar-refractivity contribution is 0.602. The number of hydrogen-bond donors (Lipinski definition) is 2. The first-order valence-corrected chi connectivity index (χ1v) is 7.74. The SMILES string of the molecule is Cc1nc(Sc2cccc(S(C)(=O)=O)c2N)n[nH]1. The Labute approximate surface area is 109 Å². The van der Waals surface area contributed by atoms with Crippen molar-refractivity contribution in [1.82, 2.24) is 15.2 Å². The lowest BCUT2D eigenvalue weighted by Crippen LogP contribution is -2.03. The summed E-state index contributed by atoms with van der Waals surface area (Å²) in [4.78, 5) is 4.88. The van der Waals surface area contributed by atoms with Crippen LogP contribution >= 0.6 is 11.8 Å². The van der Waals surface area contributed by atoms with Crippen LogP contribution in [-0.4, -0.2) is 29.9 Å². The Bertz CT molecular complexity index is 679. The van der Waals surface area contributed by atoms with Crippen molar-refractivity contribution < 1.29 is 8.42 Å². The summed E-state index contributed by atoms with van der Waals surface area (Å²) in [5, 5.41) is 7.18. The van der Waals surface area contributed by atoms with E-state index in [2.05, 4.69) is 15.2 Å². The third-order valence-electron chi connectivity index (χ3n) is 2.20. The smallest absolute Gasteiger partial charge is 0.213 e. The van der Waals surface area contributed by atoms with Gasteiger partial charge in [-0.25, -0.2) is 13.4 Å². The van der Waals surface area contributed by atoms with Crippen LogP contribution in [0.25, 0.3) is 0 Å². The predicted octanol–water partition coefficient (Wildman–Crippen LogP) is 1.25. The molecule has 1 aromatic carbocycles. The van der Waals surface area contributed by atoms with Gasteiger partial charge in [0.15, 0.2) is 9.84 Å². The molecule has 0 aliphatic carbocycles. The number of nitrogens with one attached hydrogen (secondary N) is 1. The predicted molar refractivity (Wildman–Crippen MR) is 69.2 cm³/mol. The van der Waals surface area contributed by atoms with Crippen LogP contribution in [0.15, 0.2) is 33.1 Å². The number of aromatic amines is 1. The summed E-state index contributed by atoms with van der Waals surface area (Å²) in [6, 6.07) is 4.87. The summed E-state index contributed by atoms with van der Waals surface area (Å²) in [7, 11) is -3.33. The second kappa shape index (κ2) is 4.62. The molecule has 0 bridgehead atoms. The molecule has 0 saturated carbocycles. The van der Waals surface area contributed by atoms with Crippen molar-refractivity contribution in [2.24, 2.45) is 0 Å². The van der Waals surface area contributed by atoms with Crippen LogP contribution in [-0.2, 0) is 9.84 Å². The Morgan fingerprint density at radius 1 is 1.39 bits per heavy atom. The molecule has 8 heteroatoms.